The Bertz CT molecular complexity index is 1180. The van der Waals surface area contributed by atoms with Gasteiger partial charge in [-0.25, -0.2) is 9.59 Å². The Balaban J connectivity index is 2.04. The van der Waals surface area contributed by atoms with E-state index in [0.717, 1.165) is 4.88 Å². The highest BCUT2D eigenvalue weighted by Gasteiger charge is 2.26. The molecule has 0 bridgehead atoms. The highest BCUT2D eigenvalue weighted by Crippen LogP contribution is 2.28. The molecule has 1 atom stereocenters. The van der Waals surface area contributed by atoms with E-state index >= 15 is 0 Å². The highest BCUT2D eigenvalue weighted by molar-refractivity contribution is 7.12. The second-order valence-corrected chi connectivity index (χ2v) is 9.51. The number of carbonyl (C=O) groups is 2. The van der Waals surface area contributed by atoms with Crippen LogP contribution in [0.2, 0.25) is 0 Å². The number of rotatable bonds is 12. The number of hydrogen-bond acceptors (Lipinski definition) is 6. The van der Waals surface area contributed by atoms with Gasteiger partial charge in [0.1, 0.15) is 17.1 Å². The average Bonchev–Trinajstić information content (AvgIpc) is 3.22. The quantitative estimate of drug-likeness (QED) is 0.162. The summed E-state index contributed by atoms with van der Waals surface area (Å²) in [5.41, 5.74) is -1.25. The highest BCUT2D eigenvalue weighted by atomic mass is 32.1. The number of carboxylic acid groups (broad SMARTS) is 1. The van der Waals surface area contributed by atoms with Crippen molar-refractivity contribution in [3.8, 4) is 5.75 Å². The molecule has 0 aliphatic heterocycles. The van der Waals surface area contributed by atoms with Gasteiger partial charge in [-0.1, -0.05) is 13.0 Å². The molecule has 0 saturated carbocycles. The fourth-order valence-corrected chi connectivity index (χ4v) is 4.42. The average molecular weight is 528 g/mol. The first kappa shape index (κ1) is 28.9. The number of hydrogen-bond donors (Lipinski definition) is 3. The molecule has 2 aromatic rings. The summed E-state index contributed by atoms with van der Waals surface area (Å²) >= 11 is 1.34. The van der Waals surface area contributed by atoms with Crippen LogP contribution in [0.4, 0.5) is 18.0 Å². The Labute approximate surface area is 210 Å². The summed E-state index contributed by atoms with van der Waals surface area (Å²) in [4.78, 5) is 37.3. The van der Waals surface area contributed by atoms with Gasteiger partial charge in [0.05, 0.1) is 0 Å². The monoisotopic (exact) mass is 527 g/mol. The lowest BCUT2D eigenvalue weighted by Gasteiger charge is -2.11. The summed E-state index contributed by atoms with van der Waals surface area (Å²) in [6.07, 6.45) is 0.218. The van der Waals surface area contributed by atoms with Gasteiger partial charge in [-0.15, -0.1) is 11.3 Å². The fraction of sp³-hybridized carbons (Fsp3) is 0.400. The first-order valence-electron chi connectivity index (χ1n) is 11.3. The first-order valence-corrected chi connectivity index (χ1v) is 12.1. The Kier molecular flexibility index (Phi) is 10.5. The molecular formula is C25H28F3NO6S. The van der Waals surface area contributed by atoms with E-state index in [-0.39, 0.29) is 23.7 Å². The van der Waals surface area contributed by atoms with E-state index < -0.39 is 41.4 Å². The topological polar surface area (TPSA) is 117 Å². The Morgan fingerprint density at radius 1 is 1.25 bits per heavy atom. The summed E-state index contributed by atoms with van der Waals surface area (Å²) in [5.74, 6) is -1.27. The minimum atomic E-state index is -4.16. The van der Waals surface area contributed by atoms with E-state index in [4.69, 9.17) is 9.52 Å². The SMILES string of the molecule is CC(=Cc1ccc(CCCCC(F)(F)F)s1)C(=O)c1c(O)cc(C(C)CCC=CNC(=O)O)oc1=O. The molecule has 7 nitrogen and oxygen atoms in total. The van der Waals surface area contributed by atoms with Crippen LogP contribution in [0.5, 0.6) is 5.75 Å². The number of alkyl halides is 3. The molecule has 36 heavy (non-hydrogen) atoms. The van der Waals surface area contributed by atoms with Crippen LogP contribution in [0.3, 0.4) is 0 Å². The van der Waals surface area contributed by atoms with Gasteiger partial charge in [-0.05, 0) is 62.8 Å². The third-order valence-corrected chi connectivity index (χ3v) is 6.38. The van der Waals surface area contributed by atoms with Crippen LogP contribution in [-0.2, 0) is 6.42 Å². The van der Waals surface area contributed by atoms with Crippen LogP contribution in [0.1, 0.15) is 77.7 Å². The maximum absolute atomic E-state index is 12.8. The molecule has 0 spiro atoms. The molecule has 1 unspecified atom stereocenters. The fourth-order valence-electron chi connectivity index (χ4n) is 3.36. The van der Waals surface area contributed by atoms with E-state index in [9.17, 15) is 32.7 Å². The predicted octanol–water partition coefficient (Wildman–Crippen LogP) is 6.63. The van der Waals surface area contributed by atoms with Crippen molar-refractivity contribution in [1.82, 2.24) is 5.32 Å². The molecule has 196 valence electrons. The van der Waals surface area contributed by atoms with E-state index in [2.05, 4.69) is 5.32 Å². The normalized spacial score (nSPS) is 13.2. The second-order valence-electron chi connectivity index (χ2n) is 8.31. The standard InChI is InChI=1S/C25H28F3NO6S/c1-15(7-4-6-12-29-24(33)34)20-14-19(30)21(23(32)35-20)22(31)16(2)13-18-10-9-17(36-18)8-3-5-11-25(26,27)28/h6,9-10,12-15,29-30H,3-5,7-8,11H2,1-2H3,(H,33,34). The third-order valence-electron chi connectivity index (χ3n) is 5.29. The predicted molar refractivity (Wildman–Crippen MR) is 131 cm³/mol. The van der Waals surface area contributed by atoms with Crippen molar-refractivity contribution >= 4 is 29.3 Å². The number of thiophene rings is 1. The van der Waals surface area contributed by atoms with E-state index in [0.29, 0.717) is 30.6 Å². The number of Topliss-reactive ketones (excluding diaryl/α,β-unsaturated/α-hetero) is 1. The number of unbranched alkanes of at least 4 members (excludes halogenated alkanes) is 1. The lowest BCUT2D eigenvalue weighted by Crippen LogP contribution is -2.16. The number of aromatic hydroxyl groups is 1. The summed E-state index contributed by atoms with van der Waals surface area (Å²) < 4.78 is 42.0. The Morgan fingerprint density at radius 2 is 1.97 bits per heavy atom. The second kappa shape index (κ2) is 13.1. The van der Waals surface area contributed by atoms with Crippen molar-refractivity contribution in [2.45, 2.75) is 64.5 Å². The zero-order valence-corrected chi connectivity index (χ0v) is 20.7. The van der Waals surface area contributed by atoms with Gasteiger partial charge in [-0.3, -0.25) is 10.1 Å². The molecule has 2 heterocycles. The van der Waals surface area contributed by atoms with Gasteiger partial charge in [0, 0.05) is 34.4 Å². The van der Waals surface area contributed by atoms with Crippen molar-refractivity contribution in [2.75, 3.05) is 0 Å². The number of halogens is 3. The number of carbonyl (C=O) groups excluding carboxylic acids is 1. The van der Waals surface area contributed by atoms with Crippen LogP contribution in [0, 0.1) is 0 Å². The van der Waals surface area contributed by atoms with E-state index in [1.807, 2.05) is 0 Å². The third kappa shape index (κ3) is 9.37. The van der Waals surface area contributed by atoms with Crippen LogP contribution >= 0.6 is 11.3 Å². The lowest BCUT2D eigenvalue weighted by atomic mass is 10.00. The molecular weight excluding hydrogens is 499 g/mol. The maximum atomic E-state index is 12.8. The van der Waals surface area contributed by atoms with Crippen LogP contribution < -0.4 is 10.9 Å². The van der Waals surface area contributed by atoms with Crippen molar-refractivity contribution < 1.29 is 37.4 Å². The zero-order valence-electron chi connectivity index (χ0n) is 19.9. The largest absolute Gasteiger partial charge is 0.507 e. The number of allylic oxidation sites excluding steroid dienone is 2. The van der Waals surface area contributed by atoms with Crippen LogP contribution in [-0.4, -0.2) is 28.3 Å². The maximum Gasteiger partial charge on any atom is 0.408 e. The van der Waals surface area contributed by atoms with Crippen molar-refractivity contribution in [3.05, 3.63) is 67.5 Å². The van der Waals surface area contributed by atoms with Crippen molar-refractivity contribution in [1.29, 1.82) is 0 Å². The summed E-state index contributed by atoms with van der Waals surface area (Å²) in [6, 6.07) is 4.76. The smallest absolute Gasteiger partial charge is 0.408 e. The molecule has 3 N–H and O–H groups in total. The Morgan fingerprint density at radius 3 is 2.61 bits per heavy atom. The van der Waals surface area contributed by atoms with Crippen LogP contribution in [0.25, 0.3) is 6.08 Å². The van der Waals surface area contributed by atoms with Crippen molar-refractivity contribution in [2.24, 2.45) is 0 Å². The molecule has 0 radical (unpaired) electrons. The Hall–Kier alpha value is -3.34. The molecule has 0 aliphatic rings. The molecule has 1 amide bonds. The lowest BCUT2D eigenvalue weighted by molar-refractivity contribution is -0.135. The molecule has 0 saturated heterocycles. The number of ketones is 1. The number of nitrogens with one attached hydrogen (secondary N) is 1. The van der Waals surface area contributed by atoms with Gasteiger partial charge in [0.15, 0.2) is 5.78 Å². The summed E-state index contributed by atoms with van der Waals surface area (Å²) in [6.45, 7) is 3.26. The van der Waals surface area contributed by atoms with Gasteiger partial charge in [0.2, 0.25) is 0 Å². The molecule has 0 fully saturated rings. The summed E-state index contributed by atoms with van der Waals surface area (Å²) in [5, 5.41) is 21.0. The van der Waals surface area contributed by atoms with Crippen LogP contribution in [0.15, 0.2) is 45.3 Å². The van der Waals surface area contributed by atoms with Gasteiger partial charge in [-0.2, -0.15) is 13.2 Å². The van der Waals surface area contributed by atoms with Gasteiger partial charge < -0.3 is 14.6 Å². The van der Waals surface area contributed by atoms with Gasteiger partial charge in [0.25, 0.3) is 0 Å². The molecule has 0 aliphatic carbocycles. The minimum Gasteiger partial charge on any atom is -0.507 e. The van der Waals surface area contributed by atoms with Gasteiger partial charge >= 0.3 is 17.9 Å². The number of amides is 1. The molecule has 2 aromatic heterocycles. The van der Waals surface area contributed by atoms with E-state index in [1.54, 1.807) is 31.2 Å². The molecule has 11 heteroatoms. The molecule has 0 aromatic carbocycles. The summed E-state index contributed by atoms with van der Waals surface area (Å²) in [7, 11) is 0. The number of aryl methyl sites for hydroxylation is 1. The minimum absolute atomic E-state index is 0.0480. The zero-order chi connectivity index (χ0) is 26.9. The molecule has 2 rings (SSSR count). The van der Waals surface area contributed by atoms with Crippen molar-refractivity contribution in [3.63, 3.8) is 0 Å². The van der Waals surface area contributed by atoms with E-state index in [1.165, 1.54) is 30.5 Å². The first-order chi connectivity index (χ1) is 16.9.